The predicted octanol–water partition coefficient (Wildman–Crippen LogP) is 4.14. The lowest BCUT2D eigenvalue weighted by Crippen LogP contribution is -2.30. The van der Waals surface area contributed by atoms with Gasteiger partial charge in [0.15, 0.2) is 6.61 Å². The topological polar surface area (TPSA) is 75.7 Å². The average molecular weight is 439 g/mol. The molecular formula is C24H26N2O4S. The first kappa shape index (κ1) is 22.4. The molecule has 3 aromatic rings. The van der Waals surface area contributed by atoms with Crippen LogP contribution in [0.1, 0.15) is 16.7 Å². The number of ether oxygens (including phenoxy) is 1. The number of benzene rings is 3. The number of carbonyl (C=O) groups is 1. The molecule has 0 bridgehead atoms. The highest BCUT2D eigenvalue weighted by Gasteiger charge is 2.15. The summed E-state index contributed by atoms with van der Waals surface area (Å²) >= 11 is 0. The molecule has 162 valence electrons. The first-order valence-electron chi connectivity index (χ1n) is 9.85. The third-order valence-corrected chi connectivity index (χ3v) is 6.34. The van der Waals surface area contributed by atoms with Gasteiger partial charge in [-0.2, -0.15) is 0 Å². The van der Waals surface area contributed by atoms with Crippen molar-refractivity contribution < 1.29 is 17.9 Å². The second kappa shape index (κ2) is 9.66. The number of sulfonamides is 1. The van der Waals surface area contributed by atoms with Crippen LogP contribution in [0.25, 0.3) is 0 Å². The number of hydrogen-bond donors (Lipinski definition) is 1. The normalized spacial score (nSPS) is 11.1. The second-order valence-corrected chi connectivity index (χ2v) is 9.08. The number of rotatable bonds is 8. The van der Waals surface area contributed by atoms with Crippen LogP contribution in [0.3, 0.4) is 0 Å². The molecule has 0 fully saturated rings. The van der Waals surface area contributed by atoms with E-state index < -0.39 is 10.0 Å². The number of amides is 1. The molecular weight excluding hydrogens is 412 g/mol. The van der Waals surface area contributed by atoms with E-state index in [1.54, 1.807) is 36.2 Å². The van der Waals surface area contributed by atoms with Crippen LogP contribution in [0.15, 0.2) is 77.7 Å². The Balaban J connectivity index is 1.57. The summed E-state index contributed by atoms with van der Waals surface area (Å²) in [4.78, 5) is 14.0. The van der Waals surface area contributed by atoms with E-state index in [9.17, 15) is 13.2 Å². The van der Waals surface area contributed by atoms with Crippen LogP contribution < -0.4 is 9.46 Å². The van der Waals surface area contributed by atoms with Crippen LogP contribution in [0.5, 0.6) is 5.75 Å². The Hall–Kier alpha value is -3.32. The smallest absolute Gasteiger partial charge is 0.261 e. The van der Waals surface area contributed by atoms with E-state index in [0.29, 0.717) is 18.0 Å². The minimum Gasteiger partial charge on any atom is -0.484 e. The molecule has 3 aromatic carbocycles. The Bertz CT molecular complexity index is 1140. The molecule has 0 aromatic heterocycles. The van der Waals surface area contributed by atoms with Crippen LogP contribution in [0.2, 0.25) is 0 Å². The Labute approximate surface area is 183 Å². The maximum absolute atomic E-state index is 12.6. The van der Waals surface area contributed by atoms with Gasteiger partial charge in [0.25, 0.3) is 15.9 Å². The van der Waals surface area contributed by atoms with Gasteiger partial charge in [0, 0.05) is 19.3 Å². The SMILES string of the molecule is Cc1ccc(NS(=O)(=O)c2ccc(OCC(=O)N(C)Cc3ccccc3)cc2)cc1C. The van der Waals surface area contributed by atoms with Crippen LogP contribution in [0.4, 0.5) is 5.69 Å². The van der Waals surface area contributed by atoms with E-state index >= 15 is 0 Å². The number of anilines is 1. The molecule has 3 rings (SSSR count). The molecule has 0 spiro atoms. The maximum Gasteiger partial charge on any atom is 0.261 e. The molecule has 0 radical (unpaired) electrons. The Morgan fingerprint density at radius 2 is 1.61 bits per heavy atom. The fourth-order valence-corrected chi connectivity index (χ4v) is 3.98. The molecule has 0 saturated carbocycles. The van der Waals surface area contributed by atoms with Crippen molar-refractivity contribution in [3.8, 4) is 5.75 Å². The standard InChI is InChI=1S/C24H26N2O4S/c1-18-9-10-21(15-19(18)2)25-31(28,29)23-13-11-22(12-14-23)30-17-24(27)26(3)16-20-7-5-4-6-8-20/h4-15,25H,16-17H2,1-3H3. The van der Waals surface area contributed by atoms with Gasteiger partial charge in [-0.25, -0.2) is 8.42 Å². The molecule has 0 aliphatic heterocycles. The van der Waals surface area contributed by atoms with Crippen molar-refractivity contribution in [2.75, 3.05) is 18.4 Å². The van der Waals surface area contributed by atoms with Crippen molar-refractivity contribution in [2.24, 2.45) is 0 Å². The Morgan fingerprint density at radius 3 is 2.26 bits per heavy atom. The molecule has 0 aliphatic carbocycles. The zero-order valence-corrected chi connectivity index (χ0v) is 18.6. The Kier molecular flexibility index (Phi) is 6.97. The molecule has 1 N–H and O–H groups in total. The summed E-state index contributed by atoms with van der Waals surface area (Å²) in [5, 5.41) is 0. The summed E-state index contributed by atoms with van der Waals surface area (Å²) in [7, 11) is -2.00. The molecule has 0 saturated heterocycles. The van der Waals surface area contributed by atoms with Crippen molar-refractivity contribution >= 4 is 21.6 Å². The molecule has 0 atom stereocenters. The van der Waals surface area contributed by atoms with Gasteiger partial charge < -0.3 is 9.64 Å². The molecule has 1 amide bonds. The van der Waals surface area contributed by atoms with Crippen LogP contribution in [0, 0.1) is 13.8 Å². The zero-order chi connectivity index (χ0) is 22.4. The minimum atomic E-state index is -3.72. The third kappa shape index (κ3) is 6.08. The summed E-state index contributed by atoms with van der Waals surface area (Å²) in [6, 6.07) is 21.1. The van der Waals surface area contributed by atoms with Crippen LogP contribution in [-0.4, -0.2) is 32.9 Å². The largest absolute Gasteiger partial charge is 0.484 e. The van der Waals surface area contributed by atoms with E-state index in [2.05, 4.69) is 4.72 Å². The van der Waals surface area contributed by atoms with E-state index in [1.807, 2.05) is 50.2 Å². The summed E-state index contributed by atoms with van der Waals surface area (Å²) < 4.78 is 33.4. The maximum atomic E-state index is 12.6. The van der Waals surface area contributed by atoms with Gasteiger partial charge in [0.1, 0.15) is 5.75 Å². The molecule has 0 aliphatic rings. The lowest BCUT2D eigenvalue weighted by Gasteiger charge is -2.17. The fourth-order valence-electron chi connectivity index (χ4n) is 2.93. The van der Waals surface area contributed by atoms with E-state index in [4.69, 9.17) is 4.74 Å². The number of hydrogen-bond acceptors (Lipinski definition) is 4. The van der Waals surface area contributed by atoms with Gasteiger partial charge >= 0.3 is 0 Å². The van der Waals surface area contributed by atoms with E-state index in [-0.39, 0.29) is 17.4 Å². The summed E-state index contributed by atoms with van der Waals surface area (Å²) in [6.45, 7) is 4.26. The van der Waals surface area contributed by atoms with E-state index in [1.165, 1.54) is 12.1 Å². The van der Waals surface area contributed by atoms with Gasteiger partial charge in [0.05, 0.1) is 4.90 Å². The fraction of sp³-hybridized carbons (Fsp3) is 0.208. The van der Waals surface area contributed by atoms with Crippen LogP contribution in [-0.2, 0) is 21.4 Å². The van der Waals surface area contributed by atoms with Crippen molar-refractivity contribution in [1.29, 1.82) is 0 Å². The third-order valence-electron chi connectivity index (χ3n) is 4.94. The lowest BCUT2D eigenvalue weighted by atomic mass is 10.1. The molecule has 7 heteroatoms. The van der Waals surface area contributed by atoms with Gasteiger partial charge in [-0.3, -0.25) is 9.52 Å². The predicted molar refractivity (Wildman–Crippen MR) is 122 cm³/mol. The first-order chi connectivity index (χ1) is 14.7. The van der Waals surface area contributed by atoms with Crippen molar-refractivity contribution in [2.45, 2.75) is 25.3 Å². The summed E-state index contributed by atoms with van der Waals surface area (Å²) in [5.74, 6) is 0.253. The quantitative estimate of drug-likeness (QED) is 0.574. The van der Waals surface area contributed by atoms with Crippen molar-refractivity contribution in [3.05, 3.63) is 89.5 Å². The minimum absolute atomic E-state index is 0.116. The second-order valence-electron chi connectivity index (χ2n) is 7.40. The monoisotopic (exact) mass is 438 g/mol. The number of nitrogens with one attached hydrogen (secondary N) is 1. The van der Waals surface area contributed by atoms with Crippen molar-refractivity contribution in [3.63, 3.8) is 0 Å². The summed E-state index contributed by atoms with van der Waals surface area (Å²) in [5.41, 5.74) is 3.64. The zero-order valence-electron chi connectivity index (χ0n) is 17.8. The highest BCUT2D eigenvalue weighted by molar-refractivity contribution is 7.92. The number of likely N-dealkylation sites (N-methyl/N-ethyl adjacent to an activating group) is 1. The first-order valence-corrected chi connectivity index (χ1v) is 11.3. The van der Waals surface area contributed by atoms with Crippen LogP contribution >= 0.6 is 0 Å². The average Bonchev–Trinajstić information content (AvgIpc) is 2.75. The van der Waals surface area contributed by atoms with Gasteiger partial charge in [0.2, 0.25) is 0 Å². The van der Waals surface area contributed by atoms with Gasteiger partial charge in [-0.15, -0.1) is 0 Å². The molecule has 6 nitrogen and oxygen atoms in total. The highest BCUT2D eigenvalue weighted by Crippen LogP contribution is 2.21. The van der Waals surface area contributed by atoms with Gasteiger partial charge in [-0.05, 0) is 66.9 Å². The van der Waals surface area contributed by atoms with Crippen molar-refractivity contribution in [1.82, 2.24) is 4.90 Å². The molecule has 0 unspecified atom stereocenters. The Morgan fingerprint density at radius 1 is 0.935 bits per heavy atom. The van der Waals surface area contributed by atoms with E-state index in [0.717, 1.165) is 16.7 Å². The molecule has 0 heterocycles. The number of nitrogens with zero attached hydrogens (tertiary/aromatic N) is 1. The highest BCUT2D eigenvalue weighted by atomic mass is 32.2. The molecule has 31 heavy (non-hydrogen) atoms. The number of aryl methyl sites for hydroxylation is 2. The number of carbonyl (C=O) groups excluding carboxylic acids is 1. The summed E-state index contributed by atoms with van der Waals surface area (Å²) in [6.07, 6.45) is 0. The van der Waals surface area contributed by atoms with Gasteiger partial charge in [-0.1, -0.05) is 36.4 Å². The lowest BCUT2D eigenvalue weighted by molar-refractivity contribution is -0.132.